The lowest BCUT2D eigenvalue weighted by Crippen LogP contribution is -2.49. The second-order valence-corrected chi connectivity index (χ2v) is 6.45. The summed E-state index contributed by atoms with van der Waals surface area (Å²) in [6, 6.07) is 6.06. The molecule has 1 unspecified atom stereocenters. The monoisotopic (exact) mass is 337 g/mol. The number of carbonyl (C=O) groups excluding carboxylic acids is 1. The fourth-order valence-electron chi connectivity index (χ4n) is 3.23. The second kappa shape index (κ2) is 6.22. The van der Waals surface area contributed by atoms with Gasteiger partial charge in [0.15, 0.2) is 0 Å². The van der Waals surface area contributed by atoms with Gasteiger partial charge in [-0.05, 0) is 66.8 Å². The Balaban J connectivity index is 1.68. The van der Waals surface area contributed by atoms with Crippen molar-refractivity contribution in [2.24, 2.45) is 0 Å². The summed E-state index contributed by atoms with van der Waals surface area (Å²) < 4.78 is 0.719. The summed E-state index contributed by atoms with van der Waals surface area (Å²) in [6.45, 7) is 4.11. The Kier molecular flexibility index (Phi) is 4.36. The average molecular weight is 338 g/mol. The second-order valence-electron chi connectivity index (χ2n) is 5.64. The third-order valence-electron chi connectivity index (χ3n) is 4.28. The first-order chi connectivity index (χ1) is 9.74. The summed E-state index contributed by atoms with van der Waals surface area (Å²) in [4.78, 5) is 21.3. The Labute approximate surface area is 128 Å². The Bertz CT molecular complexity index is 488. The molecular formula is C15H20BrN3O. The minimum absolute atomic E-state index is 0.0650. The number of aromatic nitrogens is 1. The van der Waals surface area contributed by atoms with Crippen LogP contribution in [0.25, 0.3) is 0 Å². The van der Waals surface area contributed by atoms with Gasteiger partial charge in [-0.2, -0.15) is 0 Å². The number of piperidine rings is 1. The normalized spacial score (nSPS) is 24.1. The van der Waals surface area contributed by atoms with Crippen molar-refractivity contribution < 1.29 is 4.79 Å². The van der Waals surface area contributed by atoms with Crippen LogP contribution in [-0.2, 0) is 0 Å². The molecule has 0 aromatic carbocycles. The van der Waals surface area contributed by atoms with Crippen LogP contribution in [-0.4, -0.2) is 52.9 Å². The van der Waals surface area contributed by atoms with E-state index in [2.05, 4.69) is 25.8 Å². The first kappa shape index (κ1) is 14.0. The molecule has 1 atom stereocenters. The van der Waals surface area contributed by atoms with Crippen LogP contribution in [0.5, 0.6) is 0 Å². The zero-order chi connectivity index (χ0) is 13.9. The maximum atomic E-state index is 12.5. The van der Waals surface area contributed by atoms with Gasteiger partial charge in [-0.15, -0.1) is 0 Å². The van der Waals surface area contributed by atoms with E-state index >= 15 is 0 Å². The molecule has 4 nitrogen and oxygen atoms in total. The van der Waals surface area contributed by atoms with Gasteiger partial charge in [0.1, 0.15) is 10.3 Å². The Morgan fingerprint density at radius 2 is 2.00 bits per heavy atom. The smallest absolute Gasteiger partial charge is 0.272 e. The molecule has 1 amide bonds. The highest BCUT2D eigenvalue weighted by Gasteiger charge is 2.29. The fourth-order valence-corrected chi connectivity index (χ4v) is 3.58. The summed E-state index contributed by atoms with van der Waals surface area (Å²) in [7, 11) is 0. The van der Waals surface area contributed by atoms with Crippen molar-refractivity contribution in [3.8, 4) is 0 Å². The van der Waals surface area contributed by atoms with Crippen molar-refractivity contribution >= 4 is 21.8 Å². The standard InChI is InChI=1S/C15H20BrN3O/c16-14-7-3-6-13(17-14)15(20)19-10-4-5-12(11-19)18-8-1-2-9-18/h3,6-7,12H,1-2,4-5,8-11H2. The van der Waals surface area contributed by atoms with Gasteiger partial charge in [0.25, 0.3) is 5.91 Å². The molecule has 1 aromatic rings. The lowest BCUT2D eigenvalue weighted by Gasteiger charge is -2.37. The van der Waals surface area contributed by atoms with Crippen LogP contribution in [0.3, 0.4) is 0 Å². The summed E-state index contributed by atoms with van der Waals surface area (Å²) in [5.41, 5.74) is 0.543. The zero-order valence-corrected chi connectivity index (χ0v) is 13.2. The highest BCUT2D eigenvalue weighted by atomic mass is 79.9. The highest BCUT2D eigenvalue weighted by molar-refractivity contribution is 9.10. The number of halogens is 1. The summed E-state index contributed by atoms with van der Waals surface area (Å²) in [6.07, 6.45) is 4.92. The van der Waals surface area contributed by atoms with Crippen LogP contribution in [0, 0.1) is 0 Å². The molecule has 0 radical (unpaired) electrons. The molecule has 2 saturated heterocycles. The number of rotatable bonds is 2. The largest absolute Gasteiger partial charge is 0.336 e. The molecule has 108 valence electrons. The van der Waals surface area contributed by atoms with E-state index in [4.69, 9.17) is 0 Å². The Hall–Kier alpha value is -0.940. The summed E-state index contributed by atoms with van der Waals surface area (Å²) in [5.74, 6) is 0.0650. The van der Waals surface area contributed by atoms with Crippen molar-refractivity contribution in [3.05, 3.63) is 28.5 Å². The fraction of sp³-hybridized carbons (Fsp3) is 0.600. The summed E-state index contributed by atoms with van der Waals surface area (Å²) in [5, 5.41) is 0. The maximum absolute atomic E-state index is 12.5. The van der Waals surface area contributed by atoms with Gasteiger partial charge in [-0.3, -0.25) is 9.69 Å². The molecule has 0 bridgehead atoms. The van der Waals surface area contributed by atoms with Crippen molar-refractivity contribution in [2.75, 3.05) is 26.2 Å². The van der Waals surface area contributed by atoms with Crippen LogP contribution in [0.2, 0.25) is 0 Å². The molecule has 3 heterocycles. The van der Waals surface area contributed by atoms with E-state index in [1.54, 1.807) is 6.07 Å². The van der Waals surface area contributed by atoms with Gasteiger partial charge in [0.05, 0.1) is 0 Å². The molecule has 0 saturated carbocycles. The van der Waals surface area contributed by atoms with Crippen LogP contribution in [0.1, 0.15) is 36.2 Å². The van der Waals surface area contributed by atoms with E-state index in [0.717, 1.165) is 24.1 Å². The third-order valence-corrected chi connectivity index (χ3v) is 4.72. The van der Waals surface area contributed by atoms with E-state index in [-0.39, 0.29) is 5.91 Å². The van der Waals surface area contributed by atoms with Gasteiger partial charge in [-0.1, -0.05) is 6.07 Å². The average Bonchev–Trinajstić information content (AvgIpc) is 3.01. The van der Waals surface area contributed by atoms with Gasteiger partial charge < -0.3 is 4.90 Å². The van der Waals surface area contributed by atoms with Gasteiger partial charge in [-0.25, -0.2) is 4.98 Å². The topological polar surface area (TPSA) is 36.4 Å². The summed E-state index contributed by atoms with van der Waals surface area (Å²) >= 11 is 3.33. The molecule has 0 aliphatic carbocycles. The van der Waals surface area contributed by atoms with Gasteiger partial charge in [0.2, 0.25) is 0 Å². The number of hydrogen-bond donors (Lipinski definition) is 0. The lowest BCUT2D eigenvalue weighted by atomic mass is 10.0. The van der Waals surface area contributed by atoms with E-state index < -0.39 is 0 Å². The molecule has 1 aromatic heterocycles. The molecule has 0 spiro atoms. The van der Waals surface area contributed by atoms with E-state index in [1.807, 2.05) is 17.0 Å². The quantitative estimate of drug-likeness (QED) is 0.778. The Morgan fingerprint density at radius 3 is 2.75 bits per heavy atom. The first-order valence-corrected chi connectivity index (χ1v) is 8.19. The predicted molar refractivity (Wildman–Crippen MR) is 81.7 cm³/mol. The highest BCUT2D eigenvalue weighted by Crippen LogP contribution is 2.21. The first-order valence-electron chi connectivity index (χ1n) is 7.40. The lowest BCUT2D eigenvalue weighted by molar-refractivity contribution is 0.0602. The van der Waals surface area contributed by atoms with Gasteiger partial charge in [0, 0.05) is 19.1 Å². The number of amides is 1. The van der Waals surface area contributed by atoms with Crippen LogP contribution in [0.4, 0.5) is 0 Å². The minimum atomic E-state index is 0.0650. The number of carbonyl (C=O) groups is 1. The molecule has 2 aliphatic heterocycles. The number of hydrogen-bond acceptors (Lipinski definition) is 3. The van der Waals surface area contributed by atoms with Crippen LogP contribution < -0.4 is 0 Å². The molecule has 5 heteroatoms. The predicted octanol–water partition coefficient (Wildman–Crippen LogP) is 2.54. The number of nitrogens with zero attached hydrogens (tertiary/aromatic N) is 3. The van der Waals surface area contributed by atoms with E-state index in [1.165, 1.54) is 32.4 Å². The zero-order valence-electron chi connectivity index (χ0n) is 11.6. The van der Waals surface area contributed by atoms with E-state index in [0.29, 0.717) is 11.7 Å². The minimum Gasteiger partial charge on any atom is -0.336 e. The SMILES string of the molecule is O=C(c1cccc(Br)n1)N1CCCC(N2CCCC2)C1. The molecule has 20 heavy (non-hydrogen) atoms. The molecule has 2 fully saturated rings. The molecule has 3 rings (SSSR count). The molecule has 2 aliphatic rings. The Morgan fingerprint density at radius 1 is 1.20 bits per heavy atom. The van der Waals surface area contributed by atoms with Crippen molar-refractivity contribution in [3.63, 3.8) is 0 Å². The third kappa shape index (κ3) is 3.04. The van der Waals surface area contributed by atoms with Crippen LogP contribution >= 0.6 is 15.9 Å². The molecular weight excluding hydrogens is 318 g/mol. The van der Waals surface area contributed by atoms with Crippen molar-refractivity contribution in [1.29, 1.82) is 0 Å². The van der Waals surface area contributed by atoms with Crippen molar-refractivity contribution in [2.45, 2.75) is 31.7 Å². The van der Waals surface area contributed by atoms with Gasteiger partial charge >= 0.3 is 0 Å². The molecule has 0 N–H and O–H groups in total. The van der Waals surface area contributed by atoms with E-state index in [9.17, 15) is 4.79 Å². The number of pyridine rings is 1. The van der Waals surface area contributed by atoms with Crippen LogP contribution in [0.15, 0.2) is 22.8 Å². The van der Waals surface area contributed by atoms with Crippen molar-refractivity contribution in [1.82, 2.24) is 14.8 Å². The number of likely N-dealkylation sites (tertiary alicyclic amines) is 2. The maximum Gasteiger partial charge on any atom is 0.272 e.